The lowest BCUT2D eigenvalue weighted by atomic mass is 9.94. The molecule has 2 heterocycles. The van der Waals surface area contributed by atoms with Gasteiger partial charge in [-0.05, 0) is 26.7 Å². The Kier molecular flexibility index (Phi) is 4.19. The number of nitrogens with zero attached hydrogens (tertiary/aromatic N) is 2. The molecule has 1 aromatic rings. The molecule has 2 atom stereocenters. The Bertz CT molecular complexity index is 458. The largest absolute Gasteiger partial charge is 0.481 e. The summed E-state index contributed by atoms with van der Waals surface area (Å²) in [5.41, 5.74) is 0. The highest BCUT2D eigenvalue weighted by Crippen LogP contribution is 2.37. The Morgan fingerprint density at radius 2 is 2.32 bits per heavy atom. The Balaban J connectivity index is 2.45. The number of amides is 1. The molecule has 1 aromatic heterocycles. The number of aliphatic carboxylic acids is 1. The molecule has 19 heavy (non-hydrogen) atoms. The van der Waals surface area contributed by atoms with Gasteiger partial charge in [-0.25, -0.2) is 4.98 Å². The number of rotatable bonds is 3. The Morgan fingerprint density at radius 1 is 1.58 bits per heavy atom. The van der Waals surface area contributed by atoms with Crippen LogP contribution in [0.25, 0.3) is 0 Å². The highest BCUT2D eigenvalue weighted by molar-refractivity contribution is 7.09. The summed E-state index contributed by atoms with van der Waals surface area (Å²) < 4.78 is 0. The predicted octanol–water partition coefficient (Wildman–Crippen LogP) is 2.31. The molecule has 1 aliphatic heterocycles. The molecule has 0 aliphatic carbocycles. The van der Waals surface area contributed by atoms with Gasteiger partial charge in [-0.1, -0.05) is 0 Å². The van der Waals surface area contributed by atoms with E-state index in [2.05, 4.69) is 4.98 Å². The van der Waals surface area contributed by atoms with Crippen molar-refractivity contribution < 1.29 is 14.7 Å². The molecule has 6 heteroatoms. The number of hydrogen-bond donors (Lipinski definition) is 1. The minimum absolute atomic E-state index is 0.0265. The number of likely N-dealkylation sites (tertiary alicyclic amines) is 1. The van der Waals surface area contributed by atoms with Crippen molar-refractivity contribution in [3.63, 3.8) is 0 Å². The van der Waals surface area contributed by atoms with Crippen molar-refractivity contribution in [1.82, 2.24) is 9.88 Å². The summed E-state index contributed by atoms with van der Waals surface area (Å²) in [6.45, 7) is 3.84. The first-order valence-electron chi connectivity index (χ1n) is 6.45. The highest BCUT2D eigenvalue weighted by Gasteiger charge is 2.41. The number of carbonyl (C=O) groups excluding carboxylic acids is 1. The minimum atomic E-state index is -0.847. The molecule has 1 fully saturated rings. The van der Waals surface area contributed by atoms with Crippen molar-refractivity contribution in [1.29, 1.82) is 0 Å². The fourth-order valence-electron chi connectivity index (χ4n) is 2.65. The molecular formula is C13H18N2O3S. The van der Waals surface area contributed by atoms with Gasteiger partial charge in [-0.15, -0.1) is 11.3 Å². The van der Waals surface area contributed by atoms with Gasteiger partial charge in [0.2, 0.25) is 5.91 Å². The van der Waals surface area contributed by atoms with E-state index in [1.807, 2.05) is 19.2 Å². The molecule has 0 spiro atoms. The number of thiazole rings is 1. The molecule has 0 radical (unpaired) electrons. The molecule has 0 bridgehead atoms. The van der Waals surface area contributed by atoms with Crippen molar-refractivity contribution in [2.45, 2.75) is 45.2 Å². The summed E-state index contributed by atoms with van der Waals surface area (Å²) >= 11 is 1.41. The van der Waals surface area contributed by atoms with Gasteiger partial charge in [0, 0.05) is 24.0 Å². The quantitative estimate of drug-likeness (QED) is 0.923. The lowest BCUT2D eigenvalue weighted by Crippen LogP contribution is -2.43. The van der Waals surface area contributed by atoms with Crippen LogP contribution in [0.2, 0.25) is 0 Å². The van der Waals surface area contributed by atoms with E-state index in [-0.39, 0.29) is 11.9 Å². The SMILES string of the molecule is CC(C)N1C(=O)CCCC(C(=O)O)C1c1nccs1. The van der Waals surface area contributed by atoms with Crippen LogP contribution in [0.1, 0.15) is 44.2 Å². The van der Waals surface area contributed by atoms with Crippen LogP contribution in [0.4, 0.5) is 0 Å². The second-order valence-corrected chi connectivity index (χ2v) is 5.97. The van der Waals surface area contributed by atoms with E-state index in [0.717, 1.165) is 5.01 Å². The zero-order chi connectivity index (χ0) is 14.0. The van der Waals surface area contributed by atoms with Crippen molar-refractivity contribution >= 4 is 23.2 Å². The third kappa shape index (κ3) is 2.78. The number of aromatic nitrogens is 1. The van der Waals surface area contributed by atoms with E-state index in [1.165, 1.54) is 11.3 Å². The van der Waals surface area contributed by atoms with E-state index >= 15 is 0 Å². The lowest BCUT2D eigenvalue weighted by Gasteiger charge is -2.35. The molecule has 2 rings (SSSR count). The first-order valence-corrected chi connectivity index (χ1v) is 7.33. The van der Waals surface area contributed by atoms with Gasteiger partial charge >= 0.3 is 5.97 Å². The average Bonchev–Trinajstić information content (AvgIpc) is 2.78. The second-order valence-electron chi connectivity index (χ2n) is 5.05. The van der Waals surface area contributed by atoms with Gasteiger partial charge in [0.25, 0.3) is 0 Å². The average molecular weight is 282 g/mol. The fourth-order valence-corrected chi connectivity index (χ4v) is 3.45. The molecule has 1 aliphatic rings. The molecule has 0 aromatic carbocycles. The van der Waals surface area contributed by atoms with Crippen LogP contribution >= 0.6 is 11.3 Å². The van der Waals surface area contributed by atoms with Gasteiger partial charge in [-0.3, -0.25) is 9.59 Å². The molecule has 1 saturated heterocycles. The van der Waals surface area contributed by atoms with Crippen LogP contribution < -0.4 is 0 Å². The van der Waals surface area contributed by atoms with Crippen molar-refractivity contribution in [2.75, 3.05) is 0 Å². The molecule has 2 unspecified atom stereocenters. The zero-order valence-corrected chi connectivity index (χ0v) is 11.9. The number of carboxylic acids is 1. The predicted molar refractivity (Wildman–Crippen MR) is 71.8 cm³/mol. The van der Waals surface area contributed by atoms with Crippen molar-refractivity contribution in [3.05, 3.63) is 16.6 Å². The molecule has 5 nitrogen and oxygen atoms in total. The normalized spacial score (nSPS) is 24.6. The van der Waals surface area contributed by atoms with Crippen molar-refractivity contribution in [2.24, 2.45) is 5.92 Å². The van der Waals surface area contributed by atoms with Gasteiger partial charge in [0.15, 0.2) is 0 Å². The third-order valence-electron chi connectivity index (χ3n) is 3.45. The highest BCUT2D eigenvalue weighted by atomic mass is 32.1. The Morgan fingerprint density at radius 3 is 2.84 bits per heavy atom. The first-order chi connectivity index (χ1) is 9.02. The van der Waals surface area contributed by atoms with Gasteiger partial charge in [0.05, 0.1) is 12.0 Å². The van der Waals surface area contributed by atoms with Crippen LogP contribution in [0.3, 0.4) is 0 Å². The topological polar surface area (TPSA) is 70.5 Å². The van der Waals surface area contributed by atoms with Crippen LogP contribution in [0.5, 0.6) is 0 Å². The summed E-state index contributed by atoms with van der Waals surface area (Å²) in [6, 6.07) is -0.464. The van der Waals surface area contributed by atoms with Crippen LogP contribution in [-0.2, 0) is 9.59 Å². The minimum Gasteiger partial charge on any atom is -0.481 e. The van der Waals surface area contributed by atoms with Gasteiger partial charge < -0.3 is 10.0 Å². The zero-order valence-electron chi connectivity index (χ0n) is 11.1. The van der Waals surface area contributed by atoms with Crippen LogP contribution in [0.15, 0.2) is 11.6 Å². The van der Waals surface area contributed by atoms with Gasteiger partial charge in [-0.2, -0.15) is 0 Å². The summed E-state index contributed by atoms with van der Waals surface area (Å²) in [6.07, 6.45) is 3.23. The van der Waals surface area contributed by atoms with E-state index in [1.54, 1.807) is 11.1 Å². The number of hydrogen-bond acceptors (Lipinski definition) is 4. The summed E-state index contributed by atoms with van der Waals surface area (Å²) in [7, 11) is 0. The Hall–Kier alpha value is -1.43. The lowest BCUT2D eigenvalue weighted by molar-refractivity contribution is -0.147. The standard InChI is InChI=1S/C13H18N2O3S/c1-8(2)15-10(16)5-3-4-9(13(17)18)11(15)12-14-6-7-19-12/h6-9,11H,3-5H2,1-2H3,(H,17,18). The van der Waals surface area contributed by atoms with Gasteiger partial charge in [0.1, 0.15) is 5.01 Å². The maximum atomic E-state index is 12.2. The molecule has 1 N–H and O–H groups in total. The second kappa shape index (κ2) is 5.69. The van der Waals surface area contributed by atoms with E-state index in [0.29, 0.717) is 19.3 Å². The molecule has 104 valence electrons. The maximum absolute atomic E-state index is 12.2. The third-order valence-corrected chi connectivity index (χ3v) is 4.30. The number of carboxylic acid groups (broad SMARTS) is 1. The summed E-state index contributed by atoms with van der Waals surface area (Å²) in [4.78, 5) is 29.7. The summed E-state index contributed by atoms with van der Waals surface area (Å²) in [5.74, 6) is -1.39. The van der Waals surface area contributed by atoms with Crippen LogP contribution in [-0.4, -0.2) is 32.9 Å². The Labute approximate surface area is 116 Å². The smallest absolute Gasteiger partial charge is 0.309 e. The first kappa shape index (κ1) is 14.0. The molecule has 1 amide bonds. The molecular weight excluding hydrogens is 264 g/mol. The van der Waals surface area contributed by atoms with Crippen molar-refractivity contribution in [3.8, 4) is 0 Å². The fraction of sp³-hybridized carbons (Fsp3) is 0.615. The summed E-state index contributed by atoms with van der Waals surface area (Å²) in [5, 5.41) is 12.0. The maximum Gasteiger partial charge on any atom is 0.309 e. The van der Waals surface area contributed by atoms with Crippen LogP contribution in [0, 0.1) is 5.92 Å². The monoisotopic (exact) mass is 282 g/mol. The van der Waals surface area contributed by atoms with E-state index in [4.69, 9.17) is 0 Å². The molecule has 0 saturated carbocycles. The number of carbonyl (C=O) groups is 2. The van der Waals surface area contributed by atoms with E-state index < -0.39 is 17.9 Å². The van der Waals surface area contributed by atoms with E-state index in [9.17, 15) is 14.7 Å².